The highest BCUT2D eigenvalue weighted by Crippen LogP contribution is 2.25. The molecule has 1 saturated heterocycles. The average molecular weight is 374 g/mol. The van der Waals surface area contributed by atoms with Crippen LogP contribution in [0.1, 0.15) is 31.2 Å². The summed E-state index contributed by atoms with van der Waals surface area (Å²) in [7, 11) is 1.67. The van der Waals surface area contributed by atoms with Gasteiger partial charge in [0.05, 0.1) is 19.3 Å². The standard InChI is InChI=1S/C20H27N3O2S/c1-3-4-5-20(24)23-12-10-22(11-13-23)14-19-21-18(15-26-19)16-6-8-17(25-2)9-7-16/h6-9,15H,3-5,10-14H2,1-2H3. The van der Waals surface area contributed by atoms with Crippen molar-refractivity contribution in [2.75, 3.05) is 33.3 Å². The number of unbranched alkanes of at least 4 members (excludes halogenated alkanes) is 1. The van der Waals surface area contributed by atoms with Gasteiger partial charge in [0.15, 0.2) is 0 Å². The number of carbonyl (C=O) groups is 1. The molecule has 0 unspecified atom stereocenters. The zero-order valence-electron chi connectivity index (χ0n) is 15.6. The summed E-state index contributed by atoms with van der Waals surface area (Å²) in [5, 5.41) is 3.24. The summed E-state index contributed by atoms with van der Waals surface area (Å²) < 4.78 is 5.21. The number of hydrogen-bond acceptors (Lipinski definition) is 5. The molecule has 1 aromatic heterocycles. The van der Waals surface area contributed by atoms with E-state index < -0.39 is 0 Å². The molecule has 0 radical (unpaired) electrons. The van der Waals surface area contributed by atoms with Gasteiger partial charge >= 0.3 is 0 Å². The van der Waals surface area contributed by atoms with Crippen LogP contribution in [0.25, 0.3) is 11.3 Å². The first-order valence-corrected chi connectivity index (χ1v) is 10.2. The van der Waals surface area contributed by atoms with Crippen LogP contribution in [0, 0.1) is 0 Å². The fraction of sp³-hybridized carbons (Fsp3) is 0.500. The highest BCUT2D eigenvalue weighted by Gasteiger charge is 2.21. The van der Waals surface area contributed by atoms with Crippen molar-refractivity contribution >= 4 is 17.2 Å². The van der Waals surface area contributed by atoms with Crippen LogP contribution in [0.4, 0.5) is 0 Å². The molecule has 0 saturated carbocycles. The minimum atomic E-state index is 0.308. The van der Waals surface area contributed by atoms with Gasteiger partial charge in [0.1, 0.15) is 10.8 Å². The molecule has 1 aromatic carbocycles. The Labute approximate surface area is 159 Å². The Morgan fingerprint density at radius 2 is 1.92 bits per heavy atom. The molecule has 1 amide bonds. The smallest absolute Gasteiger partial charge is 0.222 e. The normalized spacial score (nSPS) is 15.2. The van der Waals surface area contributed by atoms with Crippen LogP contribution in [0.15, 0.2) is 29.6 Å². The second-order valence-electron chi connectivity index (χ2n) is 6.62. The Bertz CT molecular complexity index is 706. The lowest BCUT2D eigenvalue weighted by molar-refractivity contribution is -0.133. The van der Waals surface area contributed by atoms with E-state index in [1.807, 2.05) is 29.2 Å². The molecule has 2 aromatic rings. The Kier molecular flexibility index (Phi) is 6.63. The molecule has 140 valence electrons. The first-order valence-electron chi connectivity index (χ1n) is 9.28. The van der Waals surface area contributed by atoms with Crippen LogP contribution in [0.5, 0.6) is 5.75 Å². The maximum atomic E-state index is 12.1. The van der Waals surface area contributed by atoms with Gasteiger partial charge in [-0.2, -0.15) is 0 Å². The lowest BCUT2D eigenvalue weighted by Crippen LogP contribution is -2.48. The van der Waals surface area contributed by atoms with Crippen LogP contribution in [0.3, 0.4) is 0 Å². The van der Waals surface area contributed by atoms with E-state index in [1.165, 1.54) is 0 Å². The molecule has 0 aliphatic carbocycles. The first-order chi connectivity index (χ1) is 12.7. The van der Waals surface area contributed by atoms with Gasteiger partial charge in [-0.15, -0.1) is 11.3 Å². The van der Waals surface area contributed by atoms with Crippen molar-refractivity contribution in [1.82, 2.24) is 14.8 Å². The molecule has 0 bridgehead atoms. The third-order valence-electron chi connectivity index (χ3n) is 4.77. The van der Waals surface area contributed by atoms with Gasteiger partial charge in [-0.05, 0) is 30.7 Å². The average Bonchev–Trinajstić information content (AvgIpc) is 3.15. The van der Waals surface area contributed by atoms with E-state index in [1.54, 1.807) is 18.4 Å². The van der Waals surface area contributed by atoms with Gasteiger partial charge in [-0.3, -0.25) is 9.69 Å². The summed E-state index contributed by atoms with van der Waals surface area (Å²) in [5.41, 5.74) is 2.13. The Hall–Kier alpha value is -1.92. The number of aromatic nitrogens is 1. The van der Waals surface area contributed by atoms with Gasteiger partial charge in [-0.1, -0.05) is 13.3 Å². The molecule has 1 fully saturated rings. The predicted octanol–water partition coefficient (Wildman–Crippen LogP) is 3.65. The molecule has 6 heteroatoms. The maximum absolute atomic E-state index is 12.1. The Balaban J connectivity index is 1.51. The number of thiazole rings is 1. The van der Waals surface area contributed by atoms with Gasteiger partial charge in [0, 0.05) is 43.5 Å². The number of hydrogen-bond donors (Lipinski definition) is 0. The van der Waals surface area contributed by atoms with Crippen molar-refractivity contribution in [3.8, 4) is 17.0 Å². The van der Waals surface area contributed by atoms with Gasteiger partial charge < -0.3 is 9.64 Å². The fourth-order valence-electron chi connectivity index (χ4n) is 3.11. The molecule has 2 heterocycles. The minimum absolute atomic E-state index is 0.308. The number of nitrogens with zero attached hydrogens (tertiary/aromatic N) is 3. The molecule has 0 N–H and O–H groups in total. The van der Waals surface area contributed by atoms with Crippen LogP contribution in [-0.4, -0.2) is 54.0 Å². The topological polar surface area (TPSA) is 45.7 Å². The summed E-state index contributed by atoms with van der Waals surface area (Å²) in [5.74, 6) is 1.16. The summed E-state index contributed by atoms with van der Waals surface area (Å²) in [6, 6.07) is 8.00. The van der Waals surface area contributed by atoms with Crippen molar-refractivity contribution in [2.24, 2.45) is 0 Å². The summed E-state index contributed by atoms with van der Waals surface area (Å²) in [6.07, 6.45) is 2.76. The van der Waals surface area contributed by atoms with E-state index in [0.717, 1.165) is 67.6 Å². The predicted molar refractivity (Wildman–Crippen MR) is 105 cm³/mol. The van der Waals surface area contributed by atoms with Crippen LogP contribution in [-0.2, 0) is 11.3 Å². The third kappa shape index (κ3) is 4.83. The molecule has 5 nitrogen and oxygen atoms in total. The SMILES string of the molecule is CCCCC(=O)N1CCN(Cc2nc(-c3ccc(OC)cc3)cs2)CC1. The number of ether oxygens (including phenoxy) is 1. The number of piperazine rings is 1. The zero-order valence-corrected chi connectivity index (χ0v) is 16.4. The molecule has 1 aliphatic rings. The summed E-state index contributed by atoms with van der Waals surface area (Å²) in [6.45, 7) is 6.50. The van der Waals surface area contributed by atoms with E-state index in [2.05, 4.69) is 17.2 Å². The van der Waals surface area contributed by atoms with E-state index in [0.29, 0.717) is 12.3 Å². The monoisotopic (exact) mass is 373 g/mol. The van der Waals surface area contributed by atoms with Crippen LogP contribution < -0.4 is 4.74 Å². The van der Waals surface area contributed by atoms with Crippen molar-refractivity contribution in [3.63, 3.8) is 0 Å². The van der Waals surface area contributed by atoms with Crippen molar-refractivity contribution in [1.29, 1.82) is 0 Å². The maximum Gasteiger partial charge on any atom is 0.222 e. The molecule has 0 spiro atoms. The van der Waals surface area contributed by atoms with Crippen molar-refractivity contribution in [3.05, 3.63) is 34.7 Å². The third-order valence-corrected chi connectivity index (χ3v) is 5.60. The molecular weight excluding hydrogens is 346 g/mol. The lowest BCUT2D eigenvalue weighted by atomic mass is 10.2. The molecule has 3 rings (SSSR count). The van der Waals surface area contributed by atoms with E-state index in [-0.39, 0.29) is 0 Å². The van der Waals surface area contributed by atoms with E-state index in [4.69, 9.17) is 9.72 Å². The fourth-order valence-corrected chi connectivity index (χ4v) is 3.96. The van der Waals surface area contributed by atoms with E-state index in [9.17, 15) is 4.79 Å². The Morgan fingerprint density at radius 3 is 2.58 bits per heavy atom. The van der Waals surface area contributed by atoms with Crippen LogP contribution >= 0.6 is 11.3 Å². The highest BCUT2D eigenvalue weighted by molar-refractivity contribution is 7.09. The van der Waals surface area contributed by atoms with Gasteiger partial charge in [0.2, 0.25) is 5.91 Å². The molecular formula is C20H27N3O2S. The largest absolute Gasteiger partial charge is 0.497 e. The van der Waals surface area contributed by atoms with Crippen molar-refractivity contribution in [2.45, 2.75) is 32.7 Å². The quantitative estimate of drug-likeness (QED) is 0.743. The number of carbonyl (C=O) groups excluding carboxylic acids is 1. The first kappa shape index (κ1) is 18.9. The number of rotatable bonds is 7. The molecule has 26 heavy (non-hydrogen) atoms. The molecule has 1 aliphatic heterocycles. The highest BCUT2D eigenvalue weighted by atomic mass is 32.1. The minimum Gasteiger partial charge on any atom is -0.497 e. The summed E-state index contributed by atoms with van der Waals surface area (Å²) >= 11 is 1.70. The second-order valence-corrected chi connectivity index (χ2v) is 7.56. The second kappa shape index (κ2) is 9.14. The van der Waals surface area contributed by atoms with Gasteiger partial charge in [0.25, 0.3) is 0 Å². The Morgan fingerprint density at radius 1 is 1.19 bits per heavy atom. The number of benzene rings is 1. The number of amides is 1. The van der Waals surface area contributed by atoms with E-state index >= 15 is 0 Å². The van der Waals surface area contributed by atoms with Crippen LogP contribution in [0.2, 0.25) is 0 Å². The zero-order chi connectivity index (χ0) is 18.4. The lowest BCUT2D eigenvalue weighted by Gasteiger charge is -2.34. The van der Waals surface area contributed by atoms with Crippen molar-refractivity contribution < 1.29 is 9.53 Å². The number of methoxy groups -OCH3 is 1. The van der Waals surface area contributed by atoms with Gasteiger partial charge in [-0.25, -0.2) is 4.98 Å². The summed E-state index contributed by atoms with van der Waals surface area (Å²) in [4.78, 5) is 21.3. The molecule has 0 atom stereocenters.